The third kappa shape index (κ3) is 4.79. The number of para-hydroxylation sites is 1. The summed E-state index contributed by atoms with van der Waals surface area (Å²) < 4.78 is 33.1. The van der Waals surface area contributed by atoms with Gasteiger partial charge in [-0.2, -0.15) is 0 Å². The summed E-state index contributed by atoms with van der Waals surface area (Å²) >= 11 is 0. The van der Waals surface area contributed by atoms with Crippen molar-refractivity contribution in [3.63, 3.8) is 0 Å². The van der Waals surface area contributed by atoms with Crippen LogP contribution in [0.5, 0.6) is 34.5 Å². The first-order chi connectivity index (χ1) is 13.6. The van der Waals surface area contributed by atoms with E-state index in [-0.39, 0.29) is 11.3 Å². The van der Waals surface area contributed by atoms with Crippen molar-refractivity contribution in [1.82, 2.24) is 0 Å². The molecule has 0 saturated carbocycles. The van der Waals surface area contributed by atoms with Crippen LogP contribution in [0.3, 0.4) is 0 Å². The van der Waals surface area contributed by atoms with Gasteiger partial charge in [-0.3, -0.25) is 0 Å². The summed E-state index contributed by atoms with van der Waals surface area (Å²) in [6.45, 7) is 6.81. The Hall–Kier alpha value is -3.09. The second-order valence-corrected chi connectivity index (χ2v) is 5.48. The Labute approximate surface area is 165 Å². The Morgan fingerprint density at radius 3 is 1.68 bits per heavy atom. The minimum absolute atomic E-state index is 0.197. The third-order valence-corrected chi connectivity index (χ3v) is 3.72. The van der Waals surface area contributed by atoms with Crippen molar-refractivity contribution in [3.8, 4) is 34.5 Å². The van der Waals surface area contributed by atoms with Crippen LogP contribution in [0.15, 0.2) is 30.3 Å². The molecule has 0 N–H and O–H groups in total. The number of benzene rings is 2. The highest BCUT2D eigenvalue weighted by atomic mass is 16.6. The van der Waals surface area contributed by atoms with Crippen LogP contribution in [0.4, 0.5) is 0 Å². The van der Waals surface area contributed by atoms with Crippen molar-refractivity contribution in [2.75, 3.05) is 34.0 Å². The molecule has 0 atom stereocenters. The number of rotatable bonds is 10. The molecule has 2 aromatic rings. The quantitative estimate of drug-likeness (QED) is 0.446. The van der Waals surface area contributed by atoms with Crippen molar-refractivity contribution >= 4 is 5.97 Å². The van der Waals surface area contributed by atoms with Gasteiger partial charge < -0.3 is 28.4 Å². The van der Waals surface area contributed by atoms with Gasteiger partial charge in [0, 0.05) is 0 Å². The Morgan fingerprint density at radius 2 is 1.25 bits per heavy atom. The van der Waals surface area contributed by atoms with Crippen LogP contribution in [-0.2, 0) is 0 Å². The van der Waals surface area contributed by atoms with Gasteiger partial charge in [-0.25, -0.2) is 4.79 Å². The molecular weight excluding hydrogens is 364 g/mol. The van der Waals surface area contributed by atoms with E-state index in [2.05, 4.69) is 0 Å². The maximum Gasteiger partial charge on any atom is 0.344 e. The molecule has 0 aliphatic carbocycles. The lowest BCUT2D eigenvalue weighted by atomic mass is 10.1. The highest BCUT2D eigenvalue weighted by Crippen LogP contribution is 2.41. The fraction of sp³-hybridized carbons (Fsp3) is 0.381. The Bertz CT molecular complexity index is 752. The van der Waals surface area contributed by atoms with Gasteiger partial charge in [-0.05, 0) is 45.0 Å². The van der Waals surface area contributed by atoms with Gasteiger partial charge in [0.05, 0.1) is 39.6 Å². The van der Waals surface area contributed by atoms with Crippen LogP contribution < -0.4 is 28.4 Å². The van der Waals surface area contributed by atoms with E-state index in [0.717, 1.165) is 0 Å². The Morgan fingerprint density at radius 1 is 0.750 bits per heavy atom. The molecule has 0 unspecified atom stereocenters. The maximum atomic E-state index is 12.8. The minimum atomic E-state index is -0.604. The molecule has 0 heterocycles. The highest BCUT2D eigenvalue weighted by molar-refractivity contribution is 5.93. The summed E-state index contributed by atoms with van der Waals surface area (Å²) in [5.41, 5.74) is 0.253. The zero-order valence-corrected chi connectivity index (χ0v) is 16.9. The van der Waals surface area contributed by atoms with E-state index in [9.17, 15) is 4.79 Å². The number of hydrogen-bond donors (Lipinski definition) is 0. The molecule has 7 heteroatoms. The largest absolute Gasteiger partial charge is 0.493 e. The van der Waals surface area contributed by atoms with E-state index in [1.165, 1.54) is 14.2 Å². The van der Waals surface area contributed by atoms with Gasteiger partial charge >= 0.3 is 5.97 Å². The summed E-state index contributed by atoms with van der Waals surface area (Å²) in [6.07, 6.45) is 0. The zero-order valence-electron chi connectivity index (χ0n) is 16.9. The van der Waals surface area contributed by atoms with E-state index < -0.39 is 5.97 Å². The first-order valence-electron chi connectivity index (χ1n) is 9.09. The molecule has 28 heavy (non-hydrogen) atoms. The number of ether oxygens (including phenoxy) is 6. The number of carbonyl (C=O) groups is 1. The molecule has 0 saturated heterocycles. The van der Waals surface area contributed by atoms with Crippen LogP contribution >= 0.6 is 0 Å². The topological polar surface area (TPSA) is 72.5 Å². The first kappa shape index (κ1) is 21.2. The summed E-state index contributed by atoms with van der Waals surface area (Å²) in [6, 6.07) is 8.25. The fourth-order valence-electron chi connectivity index (χ4n) is 2.58. The molecule has 7 nitrogen and oxygen atoms in total. The zero-order chi connectivity index (χ0) is 20.5. The van der Waals surface area contributed by atoms with Crippen molar-refractivity contribution in [2.45, 2.75) is 20.8 Å². The van der Waals surface area contributed by atoms with Crippen molar-refractivity contribution in [3.05, 3.63) is 35.9 Å². The number of hydrogen-bond acceptors (Lipinski definition) is 7. The van der Waals surface area contributed by atoms with Gasteiger partial charge in [0.2, 0.25) is 11.5 Å². The summed E-state index contributed by atoms with van der Waals surface area (Å²) in [5, 5.41) is 0. The lowest BCUT2D eigenvalue weighted by Crippen LogP contribution is -2.12. The second-order valence-electron chi connectivity index (χ2n) is 5.48. The van der Waals surface area contributed by atoms with Gasteiger partial charge in [0.15, 0.2) is 23.0 Å². The van der Waals surface area contributed by atoms with Crippen molar-refractivity contribution in [1.29, 1.82) is 0 Å². The Balaban J connectivity index is 2.45. The van der Waals surface area contributed by atoms with Gasteiger partial charge in [0.1, 0.15) is 0 Å². The van der Waals surface area contributed by atoms with Crippen molar-refractivity contribution in [2.24, 2.45) is 0 Å². The molecule has 2 aromatic carbocycles. The van der Waals surface area contributed by atoms with E-state index in [4.69, 9.17) is 28.4 Å². The molecule has 0 fully saturated rings. The normalized spacial score (nSPS) is 10.2. The van der Waals surface area contributed by atoms with Crippen LogP contribution in [0, 0.1) is 0 Å². The predicted octanol–water partition coefficient (Wildman–Crippen LogP) is 4.12. The molecule has 0 amide bonds. The Kier molecular flexibility index (Phi) is 7.80. The van der Waals surface area contributed by atoms with Crippen LogP contribution in [-0.4, -0.2) is 40.0 Å². The molecule has 0 aliphatic heterocycles. The van der Waals surface area contributed by atoms with Gasteiger partial charge in [-0.1, -0.05) is 6.07 Å². The monoisotopic (exact) mass is 390 g/mol. The van der Waals surface area contributed by atoms with E-state index in [1.807, 2.05) is 20.8 Å². The maximum absolute atomic E-state index is 12.8. The highest BCUT2D eigenvalue weighted by Gasteiger charge is 2.22. The molecule has 0 radical (unpaired) electrons. The van der Waals surface area contributed by atoms with E-state index >= 15 is 0 Å². The molecule has 0 bridgehead atoms. The second kappa shape index (κ2) is 10.3. The lowest BCUT2D eigenvalue weighted by molar-refractivity contribution is 0.0723. The first-order valence-corrected chi connectivity index (χ1v) is 9.09. The number of esters is 1. The lowest BCUT2D eigenvalue weighted by Gasteiger charge is -2.17. The molecule has 152 valence electrons. The molecule has 0 spiro atoms. The summed E-state index contributed by atoms with van der Waals surface area (Å²) in [4.78, 5) is 12.8. The fourth-order valence-corrected chi connectivity index (χ4v) is 2.58. The molecule has 0 aliphatic rings. The van der Waals surface area contributed by atoms with E-state index in [1.54, 1.807) is 30.3 Å². The predicted molar refractivity (Wildman–Crippen MR) is 104 cm³/mol. The standard InChI is InChI=1S/C21H26O7/c1-6-25-17-12-14(13-18(26-7-2)19(17)27-8-3)21(22)28-20-15(23-4)10-9-11-16(20)24-5/h9-13H,6-8H2,1-5H3. The van der Waals surface area contributed by atoms with Crippen LogP contribution in [0.2, 0.25) is 0 Å². The molecule has 2 rings (SSSR count). The number of methoxy groups -OCH3 is 2. The minimum Gasteiger partial charge on any atom is -0.493 e. The average molecular weight is 390 g/mol. The molecular formula is C21H26O7. The smallest absolute Gasteiger partial charge is 0.344 e. The SMILES string of the molecule is CCOc1cc(C(=O)Oc2c(OC)cccc2OC)cc(OCC)c1OCC. The third-order valence-electron chi connectivity index (χ3n) is 3.72. The molecule has 0 aromatic heterocycles. The van der Waals surface area contributed by atoms with Crippen LogP contribution in [0.1, 0.15) is 31.1 Å². The summed E-state index contributed by atoms with van der Waals surface area (Å²) in [5.74, 6) is 1.64. The average Bonchev–Trinajstić information content (AvgIpc) is 2.70. The van der Waals surface area contributed by atoms with E-state index in [0.29, 0.717) is 48.6 Å². The van der Waals surface area contributed by atoms with Gasteiger partial charge in [0.25, 0.3) is 0 Å². The van der Waals surface area contributed by atoms with Gasteiger partial charge in [-0.15, -0.1) is 0 Å². The summed E-state index contributed by atoms with van der Waals surface area (Å²) in [7, 11) is 2.98. The number of carbonyl (C=O) groups excluding carboxylic acids is 1. The van der Waals surface area contributed by atoms with Crippen LogP contribution in [0.25, 0.3) is 0 Å². The van der Waals surface area contributed by atoms with Crippen molar-refractivity contribution < 1.29 is 33.2 Å².